The number of fused-ring (bicyclic) bond motifs is 2. The van der Waals surface area contributed by atoms with E-state index in [2.05, 4.69) is 57.5 Å². The number of aliphatic hydroxyl groups excluding tert-OH is 1. The molecule has 0 bridgehead atoms. The van der Waals surface area contributed by atoms with Gasteiger partial charge in [-0.3, -0.25) is 52.9 Å². The van der Waals surface area contributed by atoms with E-state index < -0.39 is 128 Å². The van der Waals surface area contributed by atoms with Crippen LogP contribution in [0.25, 0.3) is 21.8 Å². The van der Waals surface area contributed by atoms with E-state index in [1.807, 2.05) is 42.5 Å². The molecule has 2 aromatic heterocycles. The fraction of sp³-hybridized carbons (Fsp3) is 0.438. The molecule has 0 aliphatic heterocycles. The molecule has 0 radical (unpaired) electrons. The summed E-state index contributed by atoms with van der Waals surface area (Å²) in [6.07, 6.45) is 2.20. The van der Waals surface area contributed by atoms with Gasteiger partial charge in [0.25, 0.3) is 0 Å². The molecule has 0 spiro atoms. The molecule has 0 unspecified atom stereocenters. The third-order valence-electron chi connectivity index (χ3n) is 11.5. The second kappa shape index (κ2) is 28.6. The third-order valence-corrected chi connectivity index (χ3v) is 11.5. The zero-order valence-corrected chi connectivity index (χ0v) is 41.7. The number of rotatable bonds is 30. The van der Waals surface area contributed by atoms with Crippen LogP contribution in [0.3, 0.4) is 0 Å². The van der Waals surface area contributed by atoms with E-state index in [9.17, 15) is 58.2 Å². The molecular formula is C48H67N15O12. The number of carboxylic acid groups (broad SMARTS) is 1. The van der Waals surface area contributed by atoms with E-state index in [-0.39, 0.29) is 50.5 Å². The lowest BCUT2D eigenvalue weighted by Gasteiger charge is -2.27. The van der Waals surface area contributed by atoms with Crippen molar-refractivity contribution in [2.24, 2.45) is 33.8 Å². The molecule has 75 heavy (non-hydrogen) atoms. The summed E-state index contributed by atoms with van der Waals surface area (Å²) in [6, 6.07) is 4.61. The number of H-pyrrole nitrogens is 2. The molecule has 7 atom stereocenters. The van der Waals surface area contributed by atoms with E-state index in [4.69, 9.17) is 22.9 Å². The molecule has 2 aromatic carbocycles. The number of hydrogen-bond donors (Lipinski definition) is 16. The number of benzene rings is 2. The molecule has 0 saturated carbocycles. The first-order valence-electron chi connectivity index (χ1n) is 23.9. The predicted octanol–water partition coefficient (Wildman–Crippen LogP) is -4.03. The molecule has 0 fully saturated rings. The van der Waals surface area contributed by atoms with Gasteiger partial charge < -0.3 is 85.6 Å². The molecule has 0 aliphatic rings. The van der Waals surface area contributed by atoms with Gasteiger partial charge in [-0.2, -0.15) is 0 Å². The van der Waals surface area contributed by atoms with Crippen LogP contribution in [0.5, 0.6) is 0 Å². The second-order valence-electron chi connectivity index (χ2n) is 18.1. The molecule has 2 heterocycles. The van der Waals surface area contributed by atoms with Crippen LogP contribution in [0.4, 0.5) is 0 Å². The van der Waals surface area contributed by atoms with Crippen molar-refractivity contribution >= 4 is 86.9 Å². The smallest absolute Gasteiger partial charge is 0.305 e. The van der Waals surface area contributed by atoms with Gasteiger partial charge in [0, 0.05) is 53.6 Å². The van der Waals surface area contributed by atoms with Crippen LogP contribution in [0, 0.1) is 5.92 Å². The number of aromatic nitrogens is 2. The number of carbonyl (C=O) groups is 10. The van der Waals surface area contributed by atoms with Crippen molar-refractivity contribution in [1.82, 2.24) is 52.5 Å². The summed E-state index contributed by atoms with van der Waals surface area (Å²) in [5.74, 6) is -10.3. The lowest BCUT2D eigenvalue weighted by molar-refractivity contribution is -0.141. The Balaban J connectivity index is 1.40. The Morgan fingerprint density at radius 3 is 1.63 bits per heavy atom. The number of aliphatic hydroxyl groups is 1. The number of nitrogens with zero attached hydrogens (tertiary/aromatic N) is 1. The largest absolute Gasteiger partial charge is 0.481 e. The Morgan fingerprint density at radius 1 is 0.587 bits per heavy atom. The van der Waals surface area contributed by atoms with E-state index in [1.54, 1.807) is 32.3 Å². The lowest BCUT2D eigenvalue weighted by atomic mass is 10.0. The normalized spacial score (nSPS) is 13.9. The van der Waals surface area contributed by atoms with Crippen LogP contribution in [-0.2, 0) is 60.8 Å². The minimum absolute atomic E-state index is 0.000137. The van der Waals surface area contributed by atoms with E-state index in [0.29, 0.717) is 11.1 Å². The Kier molecular flexibility index (Phi) is 22.5. The Bertz CT molecular complexity index is 2710. The number of carbonyl (C=O) groups excluding carboxylic acids is 9. The Morgan fingerprint density at radius 2 is 1.08 bits per heavy atom. The molecule has 20 N–H and O–H groups in total. The Hall–Kier alpha value is -8.59. The van der Waals surface area contributed by atoms with Crippen LogP contribution in [0.2, 0.25) is 0 Å². The zero-order chi connectivity index (χ0) is 55.4. The minimum atomic E-state index is -1.85. The van der Waals surface area contributed by atoms with Crippen LogP contribution >= 0.6 is 0 Å². The number of guanidine groups is 1. The van der Waals surface area contributed by atoms with Crippen LogP contribution < -0.4 is 65.5 Å². The molecule has 0 saturated heterocycles. The van der Waals surface area contributed by atoms with Gasteiger partial charge in [0.05, 0.1) is 32.2 Å². The fourth-order valence-corrected chi connectivity index (χ4v) is 7.70. The van der Waals surface area contributed by atoms with Crippen LogP contribution in [-0.4, -0.2) is 154 Å². The number of nitrogens with two attached hydrogens (primary N) is 4. The van der Waals surface area contributed by atoms with Crippen LogP contribution in [0.1, 0.15) is 57.6 Å². The van der Waals surface area contributed by atoms with E-state index in [0.717, 1.165) is 21.8 Å². The first-order chi connectivity index (χ1) is 35.6. The number of nitrogens with one attached hydrogen (secondary N) is 10. The maximum absolute atomic E-state index is 14.0. The number of amides is 9. The average molecular weight is 1050 g/mol. The van der Waals surface area contributed by atoms with Gasteiger partial charge in [-0.15, -0.1) is 0 Å². The molecule has 4 rings (SSSR count). The predicted molar refractivity (Wildman–Crippen MR) is 273 cm³/mol. The number of primary amides is 1. The monoisotopic (exact) mass is 1050 g/mol. The third kappa shape index (κ3) is 18.8. The maximum atomic E-state index is 14.0. The van der Waals surface area contributed by atoms with E-state index >= 15 is 0 Å². The highest BCUT2D eigenvalue weighted by Crippen LogP contribution is 2.21. The van der Waals surface area contributed by atoms with Crippen molar-refractivity contribution in [2.45, 2.75) is 102 Å². The first kappa shape index (κ1) is 59.0. The number of carboxylic acids is 1. The minimum Gasteiger partial charge on any atom is -0.481 e. The number of para-hydroxylation sites is 2. The molecule has 27 heteroatoms. The summed E-state index contributed by atoms with van der Waals surface area (Å²) < 4.78 is 0. The molecule has 4 aromatic rings. The second-order valence-corrected chi connectivity index (χ2v) is 18.1. The highest BCUT2D eigenvalue weighted by atomic mass is 16.4. The van der Waals surface area contributed by atoms with Crippen molar-refractivity contribution in [2.75, 3.05) is 26.2 Å². The van der Waals surface area contributed by atoms with Crippen molar-refractivity contribution in [3.05, 3.63) is 72.1 Å². The van der Waals surface area contributed by atoms with Gasteiger partial charge in [0.15, 0.2) is 5.96 Å². The average Bonchev–Trinajstić information content (AvgIpc) is 3.97. The van der Waals surface area contributed by atoms with Crippen LogP contribution in [0.15, 0.2) is 65.9 Å². The van der Waals surface area contributed by atoms with Crippen molar-refractivity contribution in [3.8, 4) is 0 Å². The molecular weight excluding hydrogens is 979 g/mol. The SMILES string of the molecule is CC(C)C[C@H](NC(=O)[C@H](CC(=O)O)NC(=O)[C@H](CCCN=C(N)N)NC(=O)[C@H](Cc1c[nH]c2ccccc12)NC(=O)[C@H](C)N)C(=O)N[C@@H](CO)C(=O)NCC(=O)NCC(=O)N[C@@H](Cc1c[nH]c2ccccc12)C(N)=O. The first-order valence-corrected chi connectivity index (χ1v) is 23.9. The summed E-state index contributed by atoms with van der Waals surface area (Å²) in [5, 5.41) is 40.7. The van der Waals surface area contributed by atoms with Crippen molar-refractivity contribution in [3.63, 3.8) is 0 Å². The maximum Gasteiger partial charge on any atom is 0.305 e. The summed E-state index contributed by atoms with van der Waals surface area (Å²) in [4.78, 5) is 141. The summed E-state index contributed by atoms with van der Waals surface area (Å²) in [6.45, 7) is 2.47. The van der Waals surface area contributed by atoms with Gasteiger partial charge in [0.1, 0.15) is 36.3 Å². The van der Waals surface area contributed by atoms with Crippen molar-refractivity contribution < 1.29 is 58.2 Å². The van der Waals surface area contributed by atoms with Gasteiger partial charge in [0.2, 0.25) is 53.2 Å². The molecule has 27 nitrogen and oxygen atoms in total. The lowest BCUT2D eigenvalue weighted by Crippen LogP contribution is -2.60. The number of aliphatic imine (C=N–C) groups is 1. The van der Waals surface area contributed by atoms with Gasteiger partial charge >= 0.3 is 5.97 Å². The van der Waals surface area contributed by atoms with Gasteiger partial charge in [-0.1, -0.05) is 50.2 Å². The summed E-state index contributed by atoms with van der Waals surface area (Å²) in [7, 11) is 0. The van der Waals surface area contributed by atoms with Gasteiger partial charge in [-0.05, 0) is 55.4 Å². The number of aromatic amines is 2. The zero-order valence-electron chi connectivity index (χ0n) is 41.7. The summed E-state index contributed by atoms with van der Waals surface area (Å²) >= 11 is 0. The van der Waals surface area contributed by atoms with Crippen molar-refractivity contribution in [1.29, 1.82) is 0 Å². The fourth-order valence-electron chi connectivity index (χ4n) is 7.70. The summed E-state index contributed by atoms with van der Waals surface area (Å²) in [5.41, 5.74) is 25.2. The van der Waals surface area contributed by atoms with Gasteiger partial charge in [-0.25, -0.2) is 0 Å². The number of hydrogen-bond acceptors (Lipinski definition) is 13. The standard InChI is InChI=1S/C48H67N15O12/c1-24(2)15-34(45(73)63-37(23-64)43(71)57-21-38(65)56-22-39(66)58-33(41(50)69)16-26-19-54-30-11-6-4-9-28(26)30)61-47(75)36(18-40(67)68)62-44(72)32(13-8-14-53-48(51)52)59-46(74)35(60-42(70)25(3)49)17-27-20-55-31-12-7-5-10-29(27)31/h4-7,9-12,19-20,24-25,32-37,54-55,64H,8,13-18,21-23,49H2,1-3H3,(H2,50,69)(H,56,65)(H,57,71)(H,58,66)(H,59,74)(H,60,70)(H,61,75)(H,62,72)(H,63,73)(H,67,68)(H4,51,52,53)/t25-,32-,33-,34-,35-,36-,37-/m0/s1. The van der Waals surface area contributed by atoms with E-state index in [1.165, 1.54) is 6.92 Å². The highest BCUT2D eigenvalue weighted by Gasteiger charge is 2.34. The number of aliphatic carboxylic acids is 1. The molecule has 9 amide bonds. The molecule has 0 aliphatic carbocycles. The highest BCUT2D eigenvalue weighted by molar-refractivity contribution is 5.99. The Labute approximate surface area is 430 Å². The quantitative estimate of drug-likeness (QED) is 0.0134. The molecule has 406 valence electrons. The topological polar surface area (TPSA) is 455 Å².